The fraction of sp³-hybridized carbons (Fsp3) is 0.312. The molecule has 0 radical (unpaired) electrons. The van der Waals surface area contributed by atoms with Crippen LogP contribution in [0.5, 0.6) is 0 Å². The molecule has 20 heavy (non-hydrogen) atoms. The van der Waals surface area contributed by atoms with Crippen molar-refractivity contribution in [2.75, 3.05) is 10.6 Å². The number of furan rings is 1. The van der Waals surface area contributed by atoms with E-state index in [1.807, 2.05) is 30.3 Å². The third kappa shape index (κ3) is 4.85. The molecule has 1 N–H and O–H groups in total. The maximum Gasteiger partial charge on any atom is 0.224 e. The maximum absolute atomic E-state index is 11.9. The van der Waals surface area contributed by atoms with E-state index in [-0.39, 0.29) is 5.91 Å². The zero-order valence-electron chi connectivity index (χ0n) is 11.3. The molecule has 3 nitrogen and oxygen atoms in total. The number of benzene rings is 1. The van der Waals surface area contributed by atoms with Crippen LogP contribution in [0.4, 0.5) is 5.69 Å². The van der Waals surface area contributed by atoms with Crippen LogP contribution in [-0.2, 0) is 17.6 Å². The van der Waals surface area contributed by atoms with Gasteiger partial charge in [-0.2, -0.15) is 0 Å². The van der Waals surface area contributed by atoms with Gasteiger partial charge in [-0.25, -0.2) is 0 Å². The van der Waals surface area contributed by atoms with E-state index in [0.717, 1.165) is 29.6 Å². The van der Waals surface area contributed by atoms with Crippen LogP contribution in [0.25, 0.3) is 0 Å². The lowest BCUT2D eigenvalue weighted by Crippen LogP contribution is -2.12. The molecule has 0 unspecified atom stereocenters. The van der Waals surface area contributed by atoms with Gasteiger partial charge in [0.05, 0.1) is 6.26 Å². The molecule has 0 aliphatic carbocycles. The van der Waals surface area contributed by atoms with Gasteiger partial charge in [0.2, 0.25) is 5.91 Å². The Kier molecular flexibility index (Phi) is 5.87. The molecule has 2 aromatic rings. The van der Waals surface area contributed by atoms with Crippen molar-refractivity contribution in [1.29, 1.82) is 0 Å². The third-order valence-corrected chi connectivity index (χ3v) is 3.55. The van der Waals surface area contributed by atoms with Gasteiger partial charge in [0.15, 0.2) is 0 Å². The molecule has 0 atom stereocenters. The summed E-state index contributed by atoms with van der Waals surface area (Å²) in [7, 11) is 0. The molecule has 0 aliphatic heterocycles. The monoisotopic (exact) mass is 335 g/mol. The highest BCUT2D eigenvalue weighted by Crippen LogP contribution is 2.13. The summed E-state index contributed by atoms with van der Waals surface area (Å²) in [6, 6.07) is 11.7. The van der Waals surface area contributed by atoms with E-state index in [9.17, 15) is 4.79 Å². The normalized spacial score (nSPS) is 10.4. The van der Waals surface area contributed by atoms with Gasteiger partial charge in [0.1, 0.15) is 5.76 Å². The quantitative estimate of drug-likeness (QED) is 0.771. The average molecular weight is 336 g/mol. The Balaban J connectivity index is 1.84. The number of alkyl halides is 1. The Labute approximate surface area is 127 Å². The standard InChI is InChI=1S/C16H18BrNO2/c17-10-2-5-13-4-1-6-14(12-13)18-16(19)9-8-15-7-3-11-20-15/h1,3-4,6-7,11-12H,2,5,8-10H2,(H,18,19). The third-order valence-electron chi connectivity index (χ3n) is 2.99. The Morgan fingerprint density at radius 3 is 2.85 bits per heavy atom. The highest BCUT2D eigenvalue weighted by atomic mass is 79.9. The number of halogens is 1. The first-order chi connectivity index (χ1) is 9.78. The summed E-state index contributed by atoms with van der Waals surface area (Å²) in [5, 5.41) is 3.92. The van der Waals surface area contributed by atoms with E-state index >= 15 is 0 Å². The van der Waals surface area contributed by atoms with Gasteiger partial charge < -0.3 is 9.73 Å². The van der Waals surface area contributed by atoms with E-state index in [2.05, 4.69) is 27.3 Å². The Morgan fingerprint density at radius 2 is 2.10 bits per heavy atom. The van der Waals surface area contributed by atoms with Crippen molar-refractivity contribution in [3.8, 4) is 0 Å². The van der Waals surface area contributed by atoms with Crippen molar-refractivity contribution in [2.45, 2.75) is 25.7 Å². The van der Waals surface area contributed by atoms with Crippen molar-refractivity contribution < 1.29 is 9.21 Å². The molecular formula is C16H18BrNO2. The summed E-state index contributed by atoms with van der Waals surface area (Å²) in [5.41, 5.74) is 2.11. The number of anilines is 1. The van der Waals surface area contributed by atoms with Gasteiger partial charge in [-0.15, -0.1) is 0 Å². The zero-order valence-corrected chi connectivity index (χ0v) is 12.9. The van der Waals surface area contributed by atoms with Gasteiger partial charge in [-0.1, -0.05) is 28.1 Å². The van der Waals surface area contributed by atoms with E-state index in [0.29, 0.717) is 12.8 Å². The fourth-order valence-electron chi connectivity index (χ4n) is 1.99. The van der Waals surface area contributed by atoms with E-state index < -0.39 is 0 Å². The molecule has 0 spiro atoms. The van der Waals surface area contributed by atoms with Gasteiger partial charge in [0.25, 0.3) is 0 Å². The second-order valence-electron chi connectivity index (χ2n) is 4.62. The Hall–Kier alpha value is -1.55. The number of rotatable bonds is 7. The molecule has 1 heterocycles. The number of hydrogen-bond donors (Lipinski definition) is 1. The lowest BCUT2D eigenvalue weighted by Gasteiger charge is -2.07. The molecule has 0 saturated carbocycles. The van der Waals surface area contributed by atoms with Crippen LogP contribution in [0.1, 0.15) is 24.2 Å². The van der Waals surface area contributed by atoms with Gasteiger partial charge >= 0.3 is 0 Å². The van der Waals surface area contributed by atoms with Crippen LogP contribution in [-0.4, -0.2) is 11.2 Å². The fourth-order valence-corrected chi connectivity index (χ4v) is 2.27. The van der Waals surface area contributed by atoms with Crippen LogP contribution in [0.2, 0.25) is 0 Å². The predicted octanol–water partition coefficient (Wildman–Crippen LogP) is 4.18. The molecule has 2 rings (SSSR count). The van der Waals surface area contributed by atoms with Gasteiger partial charge in [-0.05, 0) is 42.7 Å². The van der Waals surface area contributed by atoms with Crippen molar-refractivity contribution >= 4 is 27.5 Å². The van der Waals surface area contributed by atoms with Crippen molar-refractivity contribution in [3.63, 3.8) is 0 Å². The number of carbonyl (C=O) groups is 1. The maximum atomic E-state index is 11.9. The molecular weight excluding hydrogens is 318 g/mol. The van der Waals surface area contributed by atoms with E-state index in [1.165, 1.54) is 5.56 Å². The molecule has 0 saturated heterocycles. The summed E-state index contributed by atoms with van der Waals surface area (Å²) < 4.78 is 5.21. The topological polar surface area (TPSA) is 42.2 Å². The van der Waals surface area contributed by atoms with Crippen LogP contribution >= 0.6 is 15.9 Å². The van der Waals surface area contributed by atoms with Gasteiger partial charge in [-0.3, -0.25) is 4.79 Å². The molecule has 0 aliphatic rings. The van der Waals surface area contributed by atoms with Gasteiger partial charge in [0, 0.05) is 23.9 Å². The first-order valence-electron chi connectivity index (χ1n) is 6.75. The van der Waals surface area contributed by atoms with E-state index in [1.54, 1.807) is 6.26 Å². The molecule has 1 amide bonds. The minimum atomic E-state index is 0.0130. The summed E-state index contributed by atoms with van der Waals surface area (Å²) >= 11 is 3.43. The minimum absolute atomic E-state index is 0.0130. The predicted molar refractivity (Wildman–Crippen MR) is 84.2 cm³/mol. The Bertz CT molecular complexity index is 537. The second-order valence-corrected chi connectivity index (χ2v) is 5.41. The largest absolute Gasteiger partial charge is 0.469 e. The second kappa shape index (κ2) is 7.90. The number of aryl methyl sites for hydroxylation is 2. The highest BCUT2D eigenvalue weighted by Gasteiger charge is 2.05. The zero-order chi connectivity index (χ0) is 14.2. The Morgan fingerprint density at radius 1 is 1.20 bits per heavy atom. The van der Waals surface area contributed by atoms with Crippen LogP contribution in [0, 0.1) is 0 Å². The molecule has 1 aromatic carbocycles. The highest BCUT2D eigenvalue weighted by molar-refractivity contribution is 9.09. The summed E-state index contributed by atoms with van der Waals surface area (Å²) in [6.07, 6.45) is 4.79. The first-order valence-corrected chi connectivity index (χ1v) is 7.87. The lowest BCUT2D eigenvalue weighted by atomic mass is 10.1. The number of amides is 1. The van der Waals surface area contributed by atoms with Crippen LogP contribution < -0.4 is 5.32 Å². The summed E-state index contributed by atoms with van der Waals surface area (Å²) in [4.78, 5) is 11.9. The van der Waals surface area contributed by atoms with Crippen molar-refractivity contribution in [2.24, 2.45) is 0 Å². The smallest absolute Gasteiger partial charge is 0.224 e. The molecule has 0 bridgehead atoms. The first kappa shape index (κ1) is 14.9. The molecule has 0 fully saturated rings. The molecule has 4 heteroatoms. The number of carbonyl (C=O) groups excluding carboxylic acids is 1. The average Bonchev–Trinajstić information content (AvgIpc) is 2.97. The van der Waals surface area contributed by atoms with Crippen molar-refractivity contribution in [1.82, 2.24) is 0 Å². The summed E-state index contributed by atoms with van der Waals surface area (Å²) in [6.45, 7) is 0. The lowest BCUT2D eigenvalue weighted by molar-refractivity contribution is -0.116. The molecule has 1 aromatic heterocycles. The number of hydrogen-bond acceptors (Lipinski definition) is 2. The van der Waals surface area contributed by atoms with Crippen LogP contribution in [0.15, 0.2) is 47.1 Å². The van der Waals surface area contributed by atoms with Crippen molar-refractivity contribution in [3.05, 3.63) is 54.0 Å². The van der Waals surface area contributed by atoms with E-state index in [4.69, 9.17) is 4.42 Å². The number of nitrogens with one attached hydrogen (secondary N) is 1. The SMILES string of the molecule is O=C(CCc1ccco1)Nc1cccc(CCCBr)c1. The van der Waals surface area contributed by atoms with Crippen LogP contribution in [0.3, 0.4) is 0 Å². The molecule has 106 valence electrons. The summed E-state index contributed by atoms with van der Waals surface area (Å²) in [5.74, 6) is 0.852. The minimum Gasteiger partial charge on any atom is -0.469 e.